The van der Waals surface area contributed by atoms with E-state index in [0.29, 0.717) is 0 Å². The van der Waals surface area contributed by atoms with Gasteiger partial charge in [-0.25, -0.2) is 0 Å². The molecule has 1 heteroatoms. The van der Waals surface area contributed by atoms with Crippen LogP contribution in [0.25, 0.3) is 0 Å². The Kier molecular flexibility index (Phi) is 2.42. The minimum atomic E-state index is 0.130. The molecule has 1 aromatic rings. The van der Waals surface area contributed by atoms with Crippen molar-refractivity contribution < 1.29 is 4.79 Å². The molecule has 0 aliphatic rings. The Morgan fingerprint density at radius 2 is 1.64 bits per heavy atom. The monoisotopic (exact) mass is 147 g/mol. The van der Waals surface area contributed by atoms with Gasteiger partial charge in [0, 0.05) is 11.5 Å². The first kappa shape index (κ1) is 7.99. The Morgan fingerprint density at radius 3 is 2.09 bits per heavy atom. The maximum Gasteiger partial charge on any atom is 0.169 e. The van der Waals surface area contributed by atoms with E-state index in [0.717, 1.165) is 11.5 Å². The van der Waals surface area contributed by atoms with Crippen LogP contribution in [-0.4, -0.2) is 5.78 Å². The van der Waals surface area contributed by atoms with Crippen molar-refractivity contribution in [1.29, 1.82) is 0 Å². The number of benzene rings is 1. The van der Waals surface area contributed by atoms with Gasteiger partial charge in [-0.2, -0.15) is 0 Å². The average Bonchev–Trinajstić information content (AvgIpc) is 2.05. The van der Waals surface area contributed by atoms with Gasteiger partial charge in [-0.05, 0) is 0 Å². The van der Waals surface area contributed by atoms with Crippen molar-refractivity contribution in [1.82, 2.24) is 0 Å². The summed E-state index contributed by atoms with van der Waals surface area (Å²) in [6, 6.07) is 9.30. The Balaban J connectivity index is 2.86. The molecular weight excluding hydrogens is 136 g/mol. The molecule has 1 nitrogen and oxygen atoms in total. The van der Waals surface area contributed by atoms with E-state index in [1.54, 1.807) is 0 Å². The van der Waals surface area contributed by atoms with Crippen LogP contribution in [0.2, 0.25) is 0 Å². The van der Waals surface area contributed by atoms with Gasteiger partial charge in [0.15, 0.2) is 5.78 Å². The summed E-state index contributed by atoms with van der Waals surface area (Å²) in [5.41, 5.74) is 0.771. The molecule has 0 aliphatic heterocycles. The van der Waals surface area contributed by atoms with Crippen molar-refractivity contribution in [3.63, 3.8) is 0 Å². The van der Waals surface area contributed by atoms with E-state index in [4.69, 9.17) is 0 Å². The van der Waals surface area contributed by atoms with Gasteiger partial charge < -0.3 is 0 Å². The fraction of sp³-hybridized carbons (Fsp3) is 0.200. The lowest BCUT2D eigenvalue weighted by atomic mass is 10.0. The number of carbonyl (C=O) groups is 1. The lowest BCUT2D eigenvalue weighted by Gasteiger charge is -2.01. The zero-order valence-corrected chi connectivity index (χ0v) is 6.79. The predicted molar refractivity (Wildman–Crippen MR) is 45.4 cm³/mol. The molecule has 57 valence electrons. The van der Waals surface area contributed by atoms with E-state index in [9.17, 15) is 4.79 Å². The van der Waals surface area contributed by atoms with Crippen molar-refractivity contribution in [3.05, 3.63) is 41.8 Å². The van der Waals surface area contributed by atoms with Gasteiger partial charge in [0.1, 0.15) is 0 Å². The van der Waals surface area contributed by atoms with Gasteiger partial charge in [0.2, 0.25) is 0 Å². The molecule has 0 heterocycles. The van der Waals surface area contributed by atoms with Crippen LogP contribution in [0.4, 0.5) is 0 Å². The minimum Gasteiger partial charge on any atom is -0.294 e. The van der Waals surface area contributed by atoms with E-state index in [1.807, 2.05) is 44.2 Å². The summed E-state index contributed by atoms with van der Waals surface area (Å²) in [6.45, 7) is 3.66. The van der Waals surface area contributed by atoms with E-state index >= 15 is 0 Å². The molecule has 0 spiro atoms. The van der Waals surface area contributed by atoms with Crippen LogP contribution in [0, 0.1) is 5.92 Å². The first-order chi connectivity index (χ1) is 5.22. The summed E-state index contributed by atoms with van der Waals surface area (Å²) in [5, 5.41) is 0. The molecule has 1 radical (unpaired) electrons. The van der Waals surface area contributed by atoms with Crippen LogP contribution in [0.15, 0.2) is 30.3 Å². The smallest absolute Gasteiger partial charge is 0.169 e. The Morgan fingerprint density at radius 1 is 1.09 bits per heavy atom. The molecule has 0 N–H and O–H groups in total. The highest BCUT2D eigenvalue weighted by atomic mass is 16.1. The van der Waals surface area contributed by atoms with E-state index in [1.165, 1.54) is 0 Å². The second-order valence-electron chi connectivity index (χ2n) is 2.70. The quantitative estimate of drug-likeness (QED) is 0.587. The Labute approximate surface area is 67.1 Å². The number of carbonyl (C=O) groups excluding carboxylic acids is 1. The molecule has 0 amide bonds. The van der Waals surface area contributed by atoms with Gasteiger partial charge in [0.25, 0.3) is 0 Å². The minimum absolute atomic E-state index is 0.130. The van der Waals surface area contributed by atoms with Crippen molar-refractivity contribution in [2.75, 3.05) is 0 Å². The molecule has 0 unspecified atom stereocenters. The fourth-order valence-electron chi connectivity index (χ4n) is 0.878. The molecule has 1 aromatic carbocycles. The van der Waals surface area contributed by atoms with Gasteiger partial charge in [-0.1, -0.05) is 44.2 Å². The molecule has 1 rings (SSSR count). The first-order valence-corrected chi connectivity index (χ1v) is 3.61. The summed E-state index contributed by atoms with van der Waals surface area (Å²) in [6.07, 6.45) is 0. The highest BCUT2D eigenvalue weighted by Gasteiger charge is 2.08. The van der Waals surface area contributed by atoms with Gasteiger partial charge in [-0.15, -0.1) is 0 Å². The van der Waals surface area contributed by atoms with Crippen LogP contribution in [-0.2, 0) is 0 Å². The predicted octanol–water partition coefficient (Wildman–Crippen LogP) is 2.48. The number of ketones is 1. The molecule has 0 atom stereocenters. The molecule has 0 aliphatic carbocycles. The zero-order chi connectivity index (χ0) is 8.27. The number of hydrogen-bond acceptors (Lipinski definition) is 1. The largest absolute Gasteiger partial charge is 0.294 e. The summed E-state index contributed by atoms with van der Waals surface area (Å²) < 4.78 is 0. The molecule has 0 aromatic heterocycles. The van der Waals surface area contributed by atoms with E-state index in [2.05, 4.69) is 0 Å². The van der Waals surface area contributed by atoms with Crippen molar-refractivity contribution in [3.8, 4) is 0 Å². The molecule has 0 saturated carbocycles. The third kappa shape index (κ3) is 1.90. The van der Waals surface area contributed by atoms with Crippen LogP contribution in [0.5, 0.6) is 0 Å². The number of rotatable bonds is 2. The summed E-state index contributed by atoms with van der Waals surface area (Å²) >= 11 is 0. The van der Waals surface area contributed by atoms with Gasteiger partial charge in [0.05, 0.1) is 0 Å². The van der Waals surface area contributed by atoms with Crippen molar-refractivity contribution in [2.24, 2.45) is 0 Å². The second kappa shape index (κ2) is 3.33. The third-order valence-corrected chi connectivity index (χ3v) is 1.49. The lowest BCUT2D eigenvalue weighted by molar-refractivity contribution is 0.101. The maximum absolute atomic E-state index is 11.3. The molecule has 11 heavy (non-hydrogen) atoms. The fourth-order valence-corrected chi connectivity index (χ4v) is 0.878. The van der Waals surface area contributed by atoms with Crippen molar-refractivity contribution >= 4 is 5.78 Å². The summed E-state index contributed by atoms with van der Waals surface area (Å²) in [5.74, 6) is 0.960. The second-order valence-corrected chi connectivity index (χ2v) is 2.70. The van der Waals surface area contributed by atoms with Crippen LogP contribution in [0.1, 0.15) is 24.2 Å². The van der Waals surface area contributed by atoms with Gasteiger partial charge >= 0.3 is 0 Å². The summed E-state index contributed by atoms with van der Waals surface area (Å²) in [4.78, 5) is 11.3. The molecule has 0 bridgehead atoms. The third-order valence-electron chi connectivity index (χ3n) is 1.49. The maximum atomic E-state index is 11.3. The topological polar surface area (TPSA) is 17.1 Å². The normalized spacial score (nSPS) is 10.1. The van der Waals surface area contributed by atoms with E-state index < -0.39 is 0 Å². The lowest BCUT2D eigenvalue weighted by Crippen LogP contribution is -2.04. The standard InChI is InChI=1S/C10H11O/c1-8(2)10(11)9-6-4-3-5-7-9/h3-7H,1-2H3. The van der Waals surface area contributed by atoms with Crippen molar-refractivity contribution in [2.45, 2.75) is 13.8 Å². The first-order valence-electron chi connectivity index (χ1n) is 3.61. The molecular formula is C10H11O. The SMILES string of the molecule is C[C](C)C(=O)c1ccccc1. The summed E-state index contributed by atoms with van der Waals surface area (Å²) in [7, 11) is 0. The number of hydrogen-bond donors (Lipinski definition) is 0. The van der Waals surface area contributed by atoms with Crippen LogP contribution >= 0.6 is 0 Å². The van der Waals surface area contributed by atoms with Crippen LogP contribution < -0.4 is 0 Å². The van der Waals surface area contributed by atoms with Gasteiger partial charge in [-0.3, -0.25) is 4.79 Å². The van der Waals surface area contributed by atoms with Crippen LogP contribution in [0.3, 0.4) is 0 Å². The Hall–Kier alpha value is -1.11. The zero-order valence-electron chi connectivity index (χ0n) is 6.79. The Bertz CT molecular complexity index is 236. The molecule has 0 fully saturated rings. The van der Waals surface area contributed by atoms with E-state index in [-0.39, 0.29) is 5.78 Å². The highest BCUT2D eigenvalue weighted by molar-refractivity contribution is 6.05. The number of Topliss-reactive ketones (excluding diaryl/α,β-unsaturated/α-hetero) is 1. The highest BCUT2D eigenvalue weighted by Crippen LogP contribution is 2.08. The average molecular weight is 147 g/mol. The molecule has 0 saturated heterocycles.